The fourth-order valence-corrected chi connectivity index (χ4v) is 4.30. The highest BCUT2D eigenvalue weighted by atomic mass is 15.1. The summed E-state index contributed by atoms with van der Waals surface area (Å²) in [5, 5.41) is 4.64. The number of rotatable bonds is 4. The van der Waals surface area contributed by atoms with Gasteiger partial charge >= 0.3 is 0 Å². The molecule has 1 saturated carbocycles. The average Bonchev–Trinajstić information content (AvgIpc) is 3.03. The number of nitrogens with zero attached hydrogens (tertiary/aromatic N) is 3. The van der Waals surface area contributed by atoms with Gasteiger partial charge in [-0.1, -0.05) is 55.5 Å². The van der Waals surface area contributed by atoms with Crippen LogP contribution in [0.3, 0.4) is 0 Å². The Morgan fingerprint density at radius 3 is 2.53 bits per heavy atom. The van der Waals surface area contributed by atoms with E-state index in [4.69, 9.17) is 4.98 Å². The van der Waals surface area contributed by atoms with Gasteiger partial charge < -0.3 is 10.3 Å². The molecule has 5 rings (SSSR count). The minimum Gasteiger partial charge on any atom is -0.351 e. The summed E-state index contributed by atoms with van der Waals surface area (Å²) >= 11 is 0. The van der Waals surface area contributed by atoms with Crippen molar-refractivity contribution in [3.8, 4) is 22.4 Å². The molecule has 1 fully saturated rings. The summed E-state index contributed by atoms with van der Waals surface area (Å²) in [5.74, 6) is 0.719. The first-order valence-corrected chi connectivity index (χ1v) is 10.9. The van der Waals surface area contributed by atoms with E-state index in [0.29, 0.717) is 6.04 Å². The standard InChI is InChI=1S/C25H27N5/c1-17-8-10-18(11-9-17)19-14-21-22(16-28-24(21)27-15-19)23-12-13-26-25(30-23)29-20-6-4-2-3-5-7-20/h8-16,20H,2-7H2,1H3,(H,27,28)(H,26,29,30). The Hall–Kier alpha value is -3.21. The Kier molecular flexibility index (Phi) is 5.18. The first kappa shape index (κ1) is 18.8. The Balaban J connectivity index is 1.47. The molecule has 1 aliphatic carbocycles. The van der Waals surface area contributed by atoms with E-state index in [1.54, 1.807) is 0 Å². The zero-order valence-electron chi connectivity index (χ0n) is 17.4. The highest BCUT2D eigenvalue weighted by molar-refractivity contribution is 5.95. The van der Waals surface area contributed by atoms with Crippen LogP contribution in [0.1, 0.15) is 44.1 Å². The van der Waals surface area contributed by atoms with Crippen molar-refractivity contribution in [3.63, 3.8) is 0 Å². The monoisotopic (exact) mass is 397 g/mol. The number of aryl methyl sites for hydroxylation is 1. The van der Waals surface area contributed by atoms with Crippen molar-refractivity contribution < 1.29 is 0 Å². The number of benzene rings is 1. The van der Waals surface area contributed by atoms with Crippen LogP contribution < -0.4 is 5.32 Å². The largest absolute Gasteiger partial charge is 0.351 e. The van der Waals surface area contributed by atoms with Gasteiger partial charge in [0.25, 0.3) is 0 Å². The van der Waals surface area contributed by atoms with Gasteiger partial charge in [0.2, 0.25) is 5.95 Å². The molecule has 1 aromatic carbocycles. The van der Waals surface area contributed by atoms with E-state index in [2.05, 4.69) is 57.5 Å². The minimum absolute atomic E-state index is 0.473. The number of aromatic amines is 1. The van der Waals surface area contributed by atoms with Gasteiger partial charge in [0, 0.05) is 41.1 Å². The Morgan fingerprint density at radius 1 is 0.933 bits per heavy atom. The number of pyridine rings is 1. The molecule has 0 bridgehead atoms. The van der Waals surface area contributed by atoms with Crippen LogP contribution in [0, 0.1) is 6.92 Å². The van der Waals surface area contributed by atoms with Gasteiger partial charge in [-0.3, -0.25) is 0 Å². The van der Waals surface area contributed by atoms with E-state index in [1.807, 2.05) is 24.7 Å². The molecule has 3 heterocycles. The van der Waals surface area contributed by atoms with Gasteiger partial charge in [-0.2, -0.15) is 0 Å². The molecule has 0 radical (unpaired) electrons. The predicted octanol–water partition coefficient (Wildman–Crippen LogP) is 6.13. The second-order valence-electron chi connectivity index (χ2n) is 8.29. The summed E-state index contributed by atoms with van der Waals surface area (Å²) in [6.45, 7) is 2.10. The van der Waals surface area contributed by atoms with Crippen molar-refractivity contribution in [1.29, 1.82) is 0 Å². The van der Waals surface area contributed by atoms with Crippen molar-refractivity contribution in [2.75, 3.05) is 5.32 Å². The van der Waals surface area contributed by atoms with E-state index < -0.39 is 0 Å². The number of hydrogen-bond acceptors (Lipinski definition) is 4. The molecule has 0 saturated heterocycles. The molecular formula is C25H27N5. The third-order valence-corrected chi connectivity index (χ3v) is 6.04. The lowest BCUT2D eigenvalue weighted by Gasteiger charge is -2.16. The van der Waals surface area contributed by atoms with Crippen LogP contribution in [0.4, 0.5) is 5.95 Å². The van der Waals surface area contributed by atoms with Crippen LogP contribution in [-0.4, -0.2) is 26.0 Å². The minimum atomic E-state index is 0.473. The molecule has 5 nitrogen and oxygen atoms in total. The fraction of sp³-hybridized carbons (Fsp3) is 0.320. The number of aromatic nitrogens is 4. The molecule has 0 spiro atoms. The normalized spacial score (nSPS) is 15.2. The third kappa shape index (κ3) is 3.92. The van der Waals surface area contributed by atoms with Crippen molar-refractivity contribution in [1.82, 2.24) is 19.9 Å². The zero-order valence-corrected chi connectivity index (χ0v) is 17.4. The van der Waals surface area contributed by atoms with Gasteiger partial charge in [0.05, 0.1) is 5.69 Å². The fourth-order valence-electron chi connectivity index (χ4n) is 4.30. The molecule has 4 aromatic rings. The topological polar surface area (TPSA) is 66.5 Å². The Morgan fingerprint density at radius 2 is 1.73 bits per heavy atom. The van der Waals surface area contributed by atoms with Crippen LogP contribution in [0.25, 0.3) is 33.4 Å². The first-order valence-electron chi connectivity index (χ1n) is 10.9. The van der Waals surface area contributed by atoms with Crippen LogP contribution in [-0.2, 0) is 0 Å². The van der Waals surface area contributed by atoms with Gasteiger partial charge in [0.15, 0.2) is 0 Å². The molecule has 152 valence electrons. The molecular weight excluding hydrogens is 370 g/mol. The molecule has 0 unspecified atom stereocenters. The van der Waals surface area contributed by atoms with Gasteiger partial charge in [-0.15, -0.1) is 0 Å². The summed E-state index contributed by atoms with van der Waals surface area (Å²) in [6.07, 6.45) is 13.4. The maximum absolute atomic E-state index is 4.83. The molecule has 30 heavy (non-hydrogen) atoms. The SMILES string of the molecule is Cc1ccc(-c2cnc3[nH]cc(-c4ccnc(NC5CCCCCC5)n4)c3c2)cc1. The van der Waals surface area contributed by atoms with Crippen molar-refractivity contribution in [3.05, 3.63) is 60.6 Å². The van der Waals surface area contributed by atoms with Crippen molar-refractivity contribution in [2.24, 2.45) is 0 Å². The lowest BCUT2D eigenvalue weighted by Crippen LogP contribution is -2.19. The van der Waals surface area contributed by atoms with Crippen LogP contribution >= 0.6 is 0 Å². The quantitative estimate of drug-likeness (QED) is 0.407. The molecule has 0 aliphatic heterocycles. The highest BCUT2D eigenvalue weighted by Crippen LogP contribution is 2.30. The molecule has 0 atom stereocenters. The zero-order chi connectivity index (χ0) is 20.3. The molecule has 0 amide bonds. The molecule has 5 heteroatoms. The highest BCUT2D eigenvalue weighted by Gasteiger charge is 2.15. The Bertz CT molecular complexity index is 1140. The maximum Gasteiger partial charge on any atom is 0.223 e. The van der Waals surface area contributed by atoms with Gasteiger partial charge in [0.1, 0.15) is 5.65 Å². The first-order chi connectivity index (χ1) is 14.8. The average molecular weight is 398 g/mol. The number of anilines is 1. The Labute approximate surface area is 177 Å². The summed E-state index contributed by atoms with van der Waals surface area (Å²) in [7, 11) is 0. The lowest BCUT2D eigenvalue weighted by atomic mass is 10.0. The number of hydrogen-bond donors (Lipinski definition) is 2. The number of fused-ring (bicyclic) bond motifs is 1. The molecule has 1 aliphatic rings. The lowest BCUT2D eigenvalue weighted by molar-refractivity contribution is 0.615. The van der Waals surface area contributed by atoms with E-state index in [9.17, 15) is 0 Å². The van der Waals surface area contributed by atoms with Crippen molar-refractivity contribution in [2.45, 2.75) is 51.5 Å². The summed E-state index contributed by atoms with van der Waals surface area (Å²) in [4.78, 5) is 17.2. The molecule has 2 N–H and O–H groups in total. The third-order valence-electron chi connectivity index (χ3n) is 6.04. The van der Waals surface area contributed by atoms with Crippen LogP contribution in [0.15, 0.2) is 55.0 Å². The second-order valence-corrected chi connectivity index (χ2v) is 8.29. The van der Waals surface area contributed by atoms with Gasteiger partial charge in [-0.25, -0.2) is 15.0 Å². The van der Waals surface area contributed by atoms with Gasteiger partial charge in [-0.05, 0) is 37.5 Å². The second kappa shape index (κ2) is 8.27. The van der Waals surface area contributed by atoms with Crippen molar-refractivity contribution >= 4 is 17.0 Å². The van der Waals surface area contributed by atoms with Crippen LogP contribution in [0.5, 0.6) is 0 Å². The number of nitrogens with one attached hydrogen (secondary N) is 2. The van der Waals surface area contributed by atoms with E-state index in [1.165, 1.54) is 49.7 Å². The predicted molar refractivity (Wildman–Crippen MR) is 122 cm³/mol. The van der Waals surface area contributed by atoms with Crippen LogP contribution in [0.2, 0.25) is 0 Å². The smallest absolute Gasteiger partial charge is 0.223 e. The van der Waals surface area contributed by atoms with E-state index in [0.717, 1.165) is 33.8 Å². The molecule has 3 aromatic heterocycles. The van der Waals surface area contributed by atoms with E-state index >= 15 is 0 Å². The van der Waals surface area contributed by atoms with E-state index in [-0.39, 0.29) is 0 Å². The summed E-state index contributed by atoms with van der Waals surface area (Å²) < 4.78 is 0. The maximum atomic E-state index is 4.83. The summed E-state index contributed by atoms with van der Waals surface area (Å²) in [5.41, 5.74) is 6.37. The summed E-state index contributed by atoms with van der Waals surface area (Å²) in [6, 6.07) is 13.2. The number of H-pyrrole nitrogens is 1.